The van der Waals surface area contributed by atoms with E-state index < -0.39 is 18.3 Å². The largest absolute Gasteiger partial charge is 0.393 e. The van der Waals surface area contributed by atoms with Gasteiger partial charge in [-0.05, 0) is 19.4 Å². The SMILES string of the molecule is CCC(O)C(O)CC(O)CCN. The maximum atomic E-state index is 9.26. The van der Waals surface area contributed by atoms with E-state index >= 15 is 0 Å². The molecule has 0 aromatic heterocycles. The first-order valence-electron chi connectivity index (χ1n) is 4.36. The Kier molecular flexibility index (Phi) is 6.28. The Morgan fingerprint density at radius 3 is 2.17 bits per heavy atom. The number of hydrogen-bond donors (Lipinski definition) is 4. The van der Waals surface area contributed by atoms with Gasteiger partial charge in [0.15, 0.2) is 0 Å². The van der Waals surface area contributed by atoms with E-state index in [1.807, 2.05) is 0 Å². The van der Waals surface area contributed by atoms with Crippen molar-refractivity contribution in [1.82, 2.24) is 0 Å². The molecule has 0 saturated heterocycles. The van der Waals surface area contributed by atoms with Gasteiger partial charge in [0.1, 0.15) is 0 Å². The lowest BCUT2D eigenvalue weighted by Crippen LogP contribution is -2.30. The summed E-state index contributed by atoms with van der Waals surface area (Å²) in [5, 5.41) is 27.6. The van der Waals surface area contributed by atoms with E-state index in [9.17, 15) is 10.2 Å². The Labute approximate surface area is 73.0 Å². The third kappa shape index (κ3) is 4.66. The van der Waals surface area contributed by atoms with Crippen LogP contribution < -0.4 is 5.73 Å². The van der Waals surface area contributed by atoms with E-state index in [0.29, 0.717) is 19.4 Å². The van der Waals surface area contributed by atoms with Crippen molar-refractivity contribution < 1.29 is 15.3 Å². The van der Waals surface area contributed by atoms with Crippen LogP contribution in [0.4, 0.5) is 0 Å². The highest BCUT2D eigenvalue weighted by Crippen LogP contribution is 2.07. The van der Waals surface area contributed by atoms with Gasteiger partial charge in [-0.1, -0.05) is 6.92 Å². The molecule has 0 amide bonds. The molecule has 3 unspecified atom stereocenters. The van der Waals surface area contributed by atoms with E-state index in [-0.39, 0.29) is 6.42 Å². The Bertz CT molecular complexity index is 110. The fraction of sp³-hybridized carbons (Fsp3) is 1.00. The van der Waals surface area contributed by atoms with Gasteiger partial charge in [0, 0.05) is 6.42 Å². The molecule has 0 radical (unpaired) electrons. The Balaban J connectivity index is 3.59. The van der Waals surface area contributed by atoms with Crippen molar-refractivity contribution in [2.24, 2.45) is 5.73 Å². The molecule has 0 spiro atoms. The molecule has 0 aromatic rings. The highest BCUT2D eigenvalue weighted by Gasteiger charge is 2.17. The molecule has 0 aromatic carbocycles. The summed E-state index contributed by atoms with van der Waals surface area (Å²) in [4.78, 5) is 0. The summed E-state index contributed by atoms with van der Waals surface area (Å²) < 4.78 is 0. The maximum absolute atomic E-state index is 9.26. The van der Waals surface area contributed by atoms with Crippen LogP contribution >= 0.6 is 0 Å². The number of nitrogens with two attached hydrogens (primary N) is 1. The van der Waals surface area contributed by atoms with Crippen molar-refractivity contribution in [3.63, 3.8) is 0 Å². The fourth-order valence-electron chi connectivity index (χ4n) is 1.02. The van der Waals surface area contributed by atoms with E-state index in [4.69, 9.17) is 10.8 Å². The van der Waals surface area contributed by atoms with Crippen LogP contribution in [0.3, 0.4) is 0 Å². The van der Waals surface area contributed by atoms with Gasteiger partial charge in [-0.3, -0.25) is 0 Å². The Morgan fingerprint density at radius 1 is 1.17 bits per heavy atom. The average Bonchev–Trinajstić information content (AvgIpc) is 2.03. The van der Waals surface area contributed by atoms with Crippen LogP contribution in [0.5, 0.6) is 0 Å². The normalized spacial score (nSPS) is 18.8. The van der Waals surface area contributed by atoms with Crippen molar-refractivity contribution in [2.45, 2.75) is 44.5 Å². The zero-order valence-corrected chi connectivity index (χ0v) is 7.48. The van der Waals surface area contributed by atoms with Crippen LogP contribution in [0.15, 0.2) is 0 Å². The predicted molar refractivity (Wildman–Crippen MR) is 46.6 cm³/mol. The van der Waals surface area contributed by atoms with Crippen molar-refractivity contribution in [2.75, 3.05) is 6.54 Å². The summed E-state index contributed by atoms with van der Waals surface area (Å²) in [5.41, 5.74) is 5.21. The van der Waals surface area contributed by atoms with Crippen molar-refractivity contribution in [3.05, 3.63) is 0 Å². The van der Waals surface area contributed by atoms with Crippen LogP contribution in [0.1, 0.15) is 26.2 Å². The van der Waals surface area contributed by atoms with Crippen molar-refractivity contribution in [3.8, 4) is 0 Å². The first kappa shape index (κ1) is 11.8. The summed E-state index contributed by atoms with van der Waals surface area (Å²) >= 11 is 0. The Morgan fingerprint density at radius 2 is 1.75 bits per heavy atom. The molecule has 4 heteroatoms. The first-order chi connectivity index (χ1) is 5.61. The molecule has 0 fully saturated rings. The number of rotatable bonds is 6. The van der Waals surface area contributed by atoms with Gasteiger partial charge in [0.2, 0.25) is 0 Å². The lowest BCUT2D eigenvalue weighted by molar-refractivity contribution is -0.0142. The molecule has 0 rings (SSSR count). The molecule has 0 aliphatic rings. The topological polar surface area (TPSA) is 86.7 Å². The van der Waals surface area contributed by atoms with Crippen LogP contribution in [-0.2, 0) is 0 Å². The molecule has 74 valence electrons. The third-order valence-electron chi connectivity index (χ3n) is 1.88. The lowest BCUT2D eigenvalue weighted by atomic mass is 10.0. The summed E-state index contributed by atoms with van der Waals surface area (Å²) in [5.74, 6) is 0. The Hall–Kier alpha value is -0.160. The molecule has 0 aliphatic carbocycles. The van der Waals surface area contributed by atoms with Gasteiger partial charge < -0.3 is 21.1 Å². The van der Waals surface area contributed by atoms with E-state index in [2.05, 4.69) is 0 Å². The molecular weight excluding hydrogens is 158 g/mol. The molecule has 0 saturated carbocycles. The van der Waals surface area contributed by atoms with Gasteiger partial charge in [-0.2, -0.15) is 0 Å². The average molecular weight is 177 g/mol. The van der Waals surface area contributed by atoms with Crippen molar-refractivity contribution >= 4 is 0 Å². The molecule has 4 nitrogen and oxygen atoms in total. The van der Waals surface area contributed by atoms with Crippen LogP contribution in [0.2, 0.25) is 0 Å². The van der Waals surface area contributed by atoms with E-state index in [1.54, 1.807) is 6.92 Å². The van der Waals surface area contributed by atoms with Crippen LogP contribution in [0, 0.1) is 0 Å². The van der Waals surface area contributed by atoms with E-state index in [1.165, 1.54) is 0 Å². The van der Waals surface area contributed by atoms with E-state index in [0.717, 1.165) is 0 Å². The fourth-order valence-corrected chi connectivity index (χ4v) is 1.02. The number of aliphatic hydroxyl groups is 3. The van der Waals surface area contributed by atoms with Crippen LogP contribution in [0.25, 0.3) is 0 Å². The third-order valence-corrected chi connectivity index (χ3v) is 1.88. The standard InChI is InChI=1S/C8H19NO3/c1-2-7(11)8(12)5-6(10)3-4-9/h6-8,10-12H,2-5,9H2,1H3. The van der Waals surface area contributed by atoms with Gasteiger partial charge in [0.05, 0.1) is 18.3 Å². The molecule has 3 atom stereocenters. The van der Waals surface area contributed by atoms with Gasteiger partial charge in [0.25, 0.3) is 0 Å². The summed E-state index contributed by atoms with van der Waals surface area (Å²) in [6, 6.07) is 0. The monoisotopic (exact) mass is 177 g/mol. The molecule has 12 heavy (non-hydrogen) atoms. The van der Waals surface area contributed by atoms with Crippen molar-refractivity contribution in [1.29, 1.82) is 0 Å². The minimum Gasteiger partial charge on any atom is -0.393 e. The molecular formula is C8H19NO3. The minimum atomic E-state index is -0.837. The number of aliphatic hydroxyl groups excluding tert-OH is 3. The zero-order chi connectivity index (χ0) is 9.56. The highest BCUT2D eigenvalue weighted by molar-refractivity contribution is 4.70. The lowest BCUT2D eigenvalue weighted by Gasteiger charge is -2.18. The van der Waals surface area contributed by atoms with Gasteiger partial charge in [-0.15, -0.1) is 0 Å². The number of hydrogen-bond acceptors (Lipinski definition) is 4. The maximum Gasteiger partial charge on any atom is 0.0823 e. The summed E-state index contributed by atoms with van der Waals surface area (Å²) in [6.07, 6.45) is -1.02. The second-order valence-corrected chi connectivity index (χ2v) is 3.01. The molecule has 0 heterocycles. The van der Waals surface area contributed by atoms with Gasteiger partial charge >= 0.3 is 0 Å². The summed E-state index contributed by atoms with van der Waals surface area (Å²) in [7, 11) is 0. The van der Waals surface area contributed by atoms with Crippen LogP contribution in [-0.4, -0.2) is 40.2 Å². The second kappa shape index (κ2) is 6.37. The summed E-state index contributed by atoms with van der Waals surface area (Å²) in [6.45, 7) is 2.18. The predicted octanol–water partition coefficient (Wildman–Crippen LogP) is -0.782. The molecule has 0 bridgehead atoms. The minimum absolute atomic E-state index is 0.201. The second-order valence-electron chi connectivity index (χ2n) is 3.01. The zero-order valence-electron chi connectivity index (χ0n) is 7.48. The first-order valence-corrected chi connectivity index (χ1v) is 4.36. The smallest absolute Gasteiger partial charge is 0.0823 e. The molecule has 0 aliphatic heterocycles. The highest BCUT2D eigenvalue weighted by atomic mass is 16.3. The molecule has 5 N–H and O–H groups in total. The van der Waals surface area contributed by atoms with Gasteiger partial charge in [-0.25, -0.2) is 0 Å². The quantitative estimate of drug-likeness (QED) is 0.428.